The van der Waals surface area contributed by atoms with E-state index in [2.05, 4.69) is 10.3 Å². The summed E-state index contributed by atoms with van der Waals surface area (Å²) in [5, 5.41) is 2.62. The third-order valence-corrected chi connectivity index (χ3v) is 3.04. The quantitative estimate of drug-likeness (QED) is 0.895. The molecule has 0 aliphatic carbocycles. The van der Waals surface area contributed by atoms with Crippen LogP contribution in [0.3, 0.4) is 0 Å². The van der Waals surface area contributed by atoms with E-state index in [4.69, 9.17) is 9.47 Å². The first-order valence-electron chi connectivity index (χ1n) is 6.59. The van der Waals surface area contributed by atoms with Crippen LogP contribution >= 0.6 is 0 Å². The summed E-state index contributed by atoms with van der Waals surface area (Å²) in [6, 6.07) is 4.75. The van der Waals surface area contributed by atoms with Gasteiger partial charge < -0.3 is 19.4 Å². The maximum atomic E-state index is 11.8. The van der Waals surface area contributed by atoms with E-state index >= 15 is 0 Å². The lowest BCUT2D eigenvalue weighted by molar-refractivity contribution is -0.118. The van der Waals surface area contributed by atoms with Gasteiger partial charge in [-0.2, -0.15) is 0 Å². The maximum absolute atomic E-state index is 11.8. The van der Waals surface area contributed by atoms with Gasteiger partial charge in [0.2, 0.25) is 11.3 Å². The van der Waals surface area contributed by atoms with Gasteiger partial charge in [0, 0.05) is 31.1 Å². The van der Waals surface area contributed by atoms with Gasteiger partial charge in [-0.05, 0) is 13.0 Å². The number of aromatic nitrogens is 2. The van der Waals surface area contributed by atoms with Crippen LogP contribution in [-0.2, 0) is 11.8 Å². The van der Waals surface area contributed by atoms with Crippen molar-refractivity contribution in [3.8, 4) is 11.6 Å². The van der Waals surface area contributed by atoms with Crippen molar-refractivity contribution in [1.29, 1.82) is 0 Å². The Hall–Kier alpha value is -2.83. The number of methoxy groups -OCH3 is 1. The summed E-state index contributed by atoms with van der Waals surface area (Å²) >= 11 is 0. The zero-order valence-electron chi connectivity index (χ0n) is 12.6. The molecule has 7 nitrogen and oxygen atoms in total. The molecular weight excluding hydrogens is 286 g/mol. The SMILES string of the molecule is COc1ccc(NC(=O)COc2cn(C)c(C)cc2=O)cn1. The van der Waals surface area contributed by atoms with Gasteiger partial charge in [0.15, 0.2) is 12.4 Å². The molecule has 1 amide bonds. The largest absolute Gasteiger partial charge is 0.481 e. The lowest BCUT2D eigenvalue weighted by Crippen LogP contribution is -2.22. The Morgan fingerprint density at radius 2 is 2.18 bits per heavy atom. The van der Waals surface area contributed by atoms with Crippen molar-refractivity contribution in [3.63, 3.8) is 0 Å². The minimum atomic E-state index is -0.380. The normalized spacial score (nSPS) is 10.1. The van der Waals surface area contributed by atoms with E-state index in [1.165, 1.54) is 19.4 Å². The molecule has 0 aromatic carbocycles. The van der Waals surface area contributed by atoms with E-state index in [0.29, 0.717) is 11.6 Å². The van der Waals surface area contributed by atoms with Gasteiger partial charge in [-0.1, -0.05) is 0 Å². The van der Waals surface area contributed by atoms with Crippen LogP contribution in [0, 0.1) is 6.92 Å². The van der Waals surface area contributed by atoms with Crippen LogP contribution in [0.25, 0.3) is 0 Å². The molecule has 0 fully saturated rings. The Bertz CT molecular complexity index is 723. The molecule has 0 unspecified atom stereocenters. The number of carbonyl (C=O) groups is 1. The molecule has 0 spiro atoms. The second-order valence-electron chi connectivity index (χ2n) is 4.68. The summed E-state index contributed by atoms with van der Waals surface area (Å²) < 4.78 is 11.9. The summed E-state index contributed by atoms with van der Waals surface area (Å²) in [7, 11) is 3.31. The molecule has 2 heterocycles. The van der Waals surface area contributed by atoms with E-state index < -0.39 is 0 Å². The molecule has 116 valence electrons. The molecule has 2 aromatic rings. The summed E-state index contributed by atoms with van der Waals surface area (Å²) in [5.41, 5.74) is 1.08. The number of carbonyl (C=O) groups excluding carboxylic acids is 1. The first-order chi connectivity index (χ1) is 10.5. The van der Waals surface area contributed by atoms with E-state index in [1.807, 2.05) is 6.92 Å². The number of anilines is 1. The van der Waals surface area contributed by atoms with Crippen LogP contribution in [0.5, 0.6) is 11.6 Å². The number of hydrogen-bond acceptors (Lipinski definition) is 5. The third kappa shape index (κ3) is 3.85. The first kappa shape index (κ1) is 15.6. The fourth-order valence-electron chi connectivity index (χ4n) is 1.73. The fourth-order valence-corrected chi connectivity index (χ4v) is 1.73. The Morgan fingerprint density at radius 3 is 2.82 bits per heavy atom. The minimum absolute atomic E-state index is 0.135. The summed E-state index contributed by atoms with van der Waals surface area (Å²) in [4.78, 5) is 27.5. The van der Waals surface area contributed by atoms with Gasteiger partial charge in [0.1, 0.15) is 0 Å². The summed E-state index contributed by atoms with van der Waals surface area (Å²) in [6.45, 7) is 1.55. The van der Waals surface area contributed by atoms with Crippen LogP contribution in [0.1, 0.15) is 5.69 Å². The molecule has 0 saturated heterocycles. The summed E-state index contributed by atoms with van der Waals surface area (Å²) in [6.07, 6.45) is 3.03. The van der Waals surface area contributed by atoms with Crippen molar-refractivity contribution in [2.24, 2.45) is 7.05 Å². The van der Waals surface area contributed by atoms with Crippen molar-refractivity contribution in [1.82, 2.24) is 9.55 Å². The third-order valence-electron chi connectivity index (χ3n) is 3.04. The molecule has 7 heteroatoms. The number of nitrogens with zero attached hydrogens (tertiary/aromatic N) is 2. The molecule has 0 atom stereocenters. The van der Waals surface area contributed by atoms with Crippen LogP contribution in [0.2, 0.25) is 0 Å². The van der Waals surface area contributed by atoms with E-state index in [0.717, 1.165) is 5.69 Å². The van der Waals surface area contributed by atoms with Gasteiger partial charge in [0.05, 0.1) is 19.0 Å². The van der Waals surface area contributed by atoms with E-state index in [9.17, 15) is 9.59 Å². The van der Waals surface area contributed by atoms with E-state index in [1.54, 1.807) is 29.9 Å². The number of hydrogen-bond donors (Lipinski definition) is 1. The second-order valence-corrected chi connectivity index (χ2v) is 4.68. The highest BCUT2D eigenvalue weighted by Crippen LogP contribution is 2.11. The number of amides is 1. The molecule has 22 heavy (non-hydrogen) atoms. The fraction of sp³-hybridized carbons (Fsp3) is 0.267. The van der Waals surface area contributed by atoms with Crippen molar-refractivity contribution in [2.75, 3.05) is 19.0 Å². The number of aryl methyl sites for hydroxylation is 2. The molecule has 2 rings (SSSR count). The number of pyridine rings is 2. The van der Waals surface area contributed by atoms with Crippen molar-refractivity contribution >= 4 is 11.6 Å². The number of ether oxygens (including phenoxy) is 2. The molecule has 0 aliphatic heterocycles. The van der Waals surface area contributed by atoms with Crippen LogP contribution < -0.4 is 20.2 Å². The standard InChI is InChI=1S/C15H17N3O4/c1-10-6-12(19)13(8-18(10)2)22-9-14(20)17-11-4-5-15(21-3)16-7-11/h4-8H,9H2,1-3H3,(H,17,20). The molecule has 2 aromatic heterocycles. The van der Waals surface area contributed by atoms with Crippen LogP contribution in [0.4, 0.5) is 5.69 Å². The van der Waals surface area contributed by atoms with Crippen molar-refractivity contribution in [3.05, 3.63) is 46.5 Å². The predicted octanol–water partition coefficient (Wildman–Crippen LogP) is 1.11. The average Bonchev–Trinajstić information content (AvgIpc) is 2.50. The second kappa shape index (κ2) is 6.75. The van der Waals surface area contributed by atoms with Gasteiger partial charge in [-0.3, -0.25) is 9.59 Å². The summed E-state index contributed by atoms with van der Waals surface area (Å²) in [5.74, 6) is 0.211. The zero-order chi connectivity index (χ0) is 16.1. The average molecular weight is 303 g/mol. The van der Waals surface area contributed by atoms with Gasteiger partial charge in [0.25, 0.3) is 5.91 Å². The predicted molar refractivity (Wildman–Crippen MR) is 81.3 cm³/mol. The topological polar surface area (TPSA) is 82.5 Å². The lowest BCUT2D eigenvalue weighted by atomic mass is 10.3. The molecule has 0 aliphatic rings. The van der Waals surface area contributed by atoms with Crippen molar-refractivity contribution in [2.45, 2.75) is 6.92 Å². The van der Waals surface area contributed by atoms with Crippen LogP contribution in [0.15, 0.2) is 35.4 Å². The molecule has 1 N–H and O–H groups in total. The molecule has 0 saturated carbocycles. The maximum Gasteiger partial charge on any atom is 0.262 e. The molecule has 0 radical (unpaired) electrons. The van der Waals surface area contributed by atoms with Crippen molar-refractivity contribution < 1.29 is 14.3 Å². The van der Waals surface area contributed by atoms with Gasteiger partial charge >= 0.3 is 0 Å². The van der Waals surface area contributed by atoms with Gasteiger partial charge in [-0.15, -0.1) is 0 Å². The molecular formula is C15H17N3O4. The number of nitrogens with one attached hydrogen (secondary N) is 1. The Kier molecular flexibility index (Phi) is 4.77. The highest BCUT2D eigenvalue weighted by Gasteiger charge is 2.08. The number of rotatable bonds is 5. The monoisotopic (exact) mass is 303 g/mol. The zero-order valence-corrected chi connectivity index (χ0v) is 12.6. The molecule has 0 bridgehead atoms. The van der Waals surface area contributed by atoms with Crippen LogP contribution in [-0.4, -0.2) is 29.2 Å². The minimum Gasteiger partial charge on any atom is -0.481 e. The van der Waals surface area contributed by atoms with E-state index in [-0.39, 0.29) is 23.7 Å². The Morgan fingerprint density at radius 1 is 1.41 bits per heavy atom. The smallest absolute Gasteiger partial charge is 0.262 e. The first-order valence-corrected chi connectivity index (χ1v) is 6.59. The Balaban J connectivity index is 1.95. The highest BCUT2D eigenvalue weighted by molar-refractivity contribution is 5.91. The highest BCUT2D eigenvalue weighted by atomic mass is 16.5. The van der Waals surface area contributed by atoms with Gasteiger partial charge in [-0.25, -0.2) is 4.98 Å². The Labute approximate surface area is 127 Å². The lowest BCUT2D eigenvalue weighted by Gasteiger charge is -2.09.